The summed E-state index contributed by atoms with van der Waals surface area (Å²) in [6, 6.07) is 21.3. The molecule has 3 aromatic rings. The molecule has 168 valence electrons. The topological polar surface area (TPSA) is 74.4 Å². The number of ether oxygens (including phenoxy) is 1. The number of benzene rings is 2. The van der Waals surface area contributed by atoms with E-state index in [4.69, 9.17) is 4.74 Å². The van der Waals surface area contributed by atoms with E-state index in [2.05, 4.69) is 40.6 Å². The molecule has 1 aromatic heterocycles. The van der Waals surface area contributed by atoms with E-state index >= 15 is 0 Å². The molecule has 1 aliphatic carbocycles. The lowest BCUT2D eigenvalue weighted by atomic mass is 10.0. The van der Waals surface area contributed by atoms with Crippen molar-refractivity contribution in [2.75, 3.05) is 13.1 Å². The zero-order valence-electron chi connectivity index (χ0n) is 18.4. The van der Waals surface area contributed by atoms with Crippen LogP contribution in [0.3, 0.4) is 0 Å². The summed E-state index contributed by atoms with van der Waals surface area (Å²) in [7, 11) is 0. The maximum absolute atomic E-state index is 12.7. The van der Waals surface area contributed by atoms with Gasteiger partial charge in [-0.3, -0.25) is 4.79 Å². The average molecular weight is 442 g/mol. The summed E-state index contributed by atoms with van der Waals surface area (Å²) in [5.41, 5.74) is 3.56. The third kappa shape index (κ3) is 5.34. The first-order valence-corrected chi connectivity index (χ1v) is 11.4. The van der Waals surface area contributed by atoms with Crippen LogP contribution in [0.5, 0.6) is 11.6 Å². The minimum atomic E-state index is -0.102. The van der Waals surface area contributed by atoms with Crippen LogP contribution in [0, 0.1) is 0 Å². The van der Waals surface area contributed by atoms with Crippen LogP contribution in [0.1, 0.15) is 36.3 Å². The lowest BCUT2D eigenvalue weighted by Gasteiger charge is -2.28. The quantitative estimate of drug-likeness (QED) is 0.591. The normalized spacial score (nSPS) is 19.6. The largest absolute Gasteiger partial charge is 0.441 e. The van der Waals surface area contributed by atoms with E-state index < -0.39 is 0 Å². The predicted molar refractivity (Wildman–Crippen MR) is 128 cm³/mol. The molecule has 6 heteroatoms. The van der Waals surface area contributed by atoms with Crippen LogP contribution >= 0.6 is 0 Å². The van der Waals surface area contributed by atoms with Crippen molar-refractivity contribution in [1.29, 1.82) is 0 Å². The fraction of sp³-hybridized carbons (Fsp3) is 0.259. The van der Waals surface area contributed by atoms with Crippen LogP contribution in [0.2, 0.25) is 0 Å². The maximum Gasteiger partial charge on any atom is 0.317 e. The SMILES string of the molecule is O=C(N[C@H]1C[C@@H]1c1ccccc1)N1CCC(=Cc2cccc(Oc3cc(=O)cc[nH]3)c2)CC1. The van der Waals surface area contributed by atoms with Crippen molar-refractivity contribution < 1.29 is 9.53 Å². The Kier molecular flexibility index (Phi) is 5.98. The van der Waals surface area contributed by atoms with Gasteiger partial charge in [-0.1, -0.05) is 54.1 Å². The number of aromatic nitrogens is 1. The molecule has 0 bridgehead atoms. The summed E-state index contributed by atoms with van der Waals surface area (Å²) in [6.45, 7) is 1.45. The van der Waals surface area contributed by atoms with Crippen LogP contribution in [0.15, 0.2) is 83.3 Å². The first-order chi connectivity index (χ1) is 16.1. The number of H-pyrrole nitrogens is 1. The number of carbonyl (C=O) groups is 1. The van der Waals surface area contributed by atoms with Gasteiger partial charge in [-0.2, -0.15) is 0 Å². The van der Waals surface area contributed by atoms with Gasteiger partial charge in [-0.05, 0) is 42.5 Å². The van der Waals surface area contributed by atoms with Gasteiger partial charge in [0.1, 0.15) is 5.75 Å². The monoisotopic (exact) mass is 441 g/mol. The van der Waals surface area contributed by atoms with E-state index in [1.54, 1.807) is 6.20 Å². The minimum Gasteiger partial charge on any atom is -0.441 e. The molecule has 0 radical (unpaired) electrons. The highest BCUT2D eigenvalue weighted by Crippen LogP contribution is 2.40. The highest BCUT2D eigenvalue weighted by Gasteiger charge is 2.40. The number of carbonyl (C=O) groups excluding carboxylic acids is 1. The molecule has 2 amide bonds. The van der Waals surface area contributed by atoms with Crippen molar-refractivity contribution >= 4 is 12.1 Å². The number of piperidine rings is 1. The van der Waals surface area contributed by atoms with Crippen molar-refractivity contribution in [3.05, 3.63) is 99.9 Å². The van der Waals surface area contributed by atoms with Gasteiger partial charge in [0.15, 0.2) is 5.43 Å². The number of urea groups is 1. The van der Waals surface area contributed by atoms with E-state index in [0.717, 1.165) is 37.9 Å². The molecule has 0 spiro atoms. The van der Waals surface area contributed by atoms with E-state index in [1.807, 2.05) is 35.2 Å². The Morgan fingerprint density at radius 2 is 1.85 bits per heavy atom. The van der Waals surface area contributed by atoms with Gasteiger partial charge in [0.05, 0.1) is 0 Å². The number of pyridine rings is 1. The molecule has 33 heavy (non-hydrogen) atoms. The van der Waals surface area contributed by atoms with Gasteiger partial charge in [0.25, 0.3) is 0 Å². The van der Waals surface area contributed by atoms with Crippen LogP contribution in [-0.4, -0.2) is 35.0 Å². The fourth-order valence-corrected chi connectivity index (χ4v) is 4.33. The van der Waals surface area contributed by atoms with Gasteiger partial charge in [0, 0.05) is 43.4 Å². The van der Waals surface area contributed by atoms with E-state index in [1.165, 1.54) is 23.3 Å². The molecular weight excluding hydrogens is 414 g/mol. The van der Waals surface area contributed by atoms with Gasteiger partial charge < -0.3 is 19.9 Å². The zero-order chi connectivity index (χ0) is 22.6. The summed E-state index contributed by atoms with van der Waals surface area (Å²) < 4.78 is 5.77. The molecule has 1 aliphatic heterocycles. The third-order valence-electron chi connectivity index (χ3n) is 6.22. The Morgan fingerprint density at radius 1 is 1.03 bits per heavy atom. The van der Waals surface area contributed by atoms with Crippen LogP contribution in [0.4, 0.5) is 4.79 Å². The fourth-order valence-electron chi connectivity index (χ4n) is 4.33. The Hall–Kier alpha value is -3.80. The Morgan fingerprint density at radius 3 is 2.64 bits per heavy atom. The number of amides is 2. The second-order valence-electron chi connectivity index (χ2n) is 8.66. The van der Waals surface area contributed by atoms with Crippen LogP contribution in [0.25, 0.3) is 6.08 Å². The number of likely N-dealkylation sites (tertiary alicyclic amines) is 1. The summed E-state index contributed by atoms with van der Waals surface area (Å²) in [5, 5.41) is 3.20. The molecule has 5 rings (SSSR count). The van der Waals surface area contributed by atoms with Gasteiger partial charge >= 0.3 is 6.03 Å². The predicted octanol–water partition coefficient (Wildman–Crippen LogP) is 4.91. The van der Waals surface area contributed by atoms with Crippen molar-refractivity contribution in [3.63, 3.8) is 0 Å². The Balaban J connectivity index is 1.14. The highest BCUT2D eigenvalue weighted by molar-refractivity contribution is 5.75. The van der Waals surface area contributed by atoms with Crippen molar-refractivity contribution in [3.8, 4) is 11.6 Å². The minimum absolute atomic E-state index is 0.0460. The molecule has 1 saturated carbocycles. The van der Waals surface area contributed by atoms with Crippen molar-refractivity contribution in [1.82, 2.24) is 15.2 Å². The number of aromatic amines is 1. The summed E-state index contributed by atoms with van der Waals surface area (Å²) in [6.07, 6.45) is 6.47. The standard InChI is InChI=1S/C27H27N3O3/c31-22-9-12-28-26(17-22)33-23-8-4-5-20(16-23)15-19-10-13-30(14-11-19)27(32)29-25-18-24(25)21-6-2-1-3-7-21/h1-9,12,15-17,24-25H,10-11,13-14,18H2,(H,28,31)(H,29,32)/t24-,25+/m1/s1. The average Bonchev–Trinajstić information content (AvgIpc) is 3.59. The van der Waals surface area contributed by atoms with Crippen LogP contribution in [-0.2, 0) is 0 Å². The van der Waals surface area contributed by atoms with E-state index in [9.17, 15) is 9.59 Å². The molecule has 2 heterocycles. The maximum atomic E-state index is 12.7. The molecule has 6 nitrogen and oxygen atoms in total. The molecule has 2 aromatic carbocycles. The van der Waals surface area contributed by atoms with Crippen LogP contribution < -0.4 is 15.5 Å². The first-order valence-electron chi connectivity index (χ1n) is 11.4. The zero-order valence-corrected chi connectivity index (χ0v) is 18.4. The summed E-state index contributed by atoms with van der Waals surface area (Å²) >= 11 is 0. The lowest BCUT2D eigenvalue weighted by Crippen LogP contribution is -2.44. The van der Waals surface area contributed by atoms with E-state index in [-0.39, 0.29) is 17.5 Å². The molecule has 2 N–H and O–H groups in total. The van der Waals surface area contributed by atoms with Gasteiger partial charge in [-0.15, -0.1) is 0 Å². The number of rotatable bonds is 5. The number of hydrogen-bond acceptors (Lipinski definition) is 3. The lowest BCUT2D eigenvalue weighted by molar-refractivity contribution is 0.193. The third-order valence-corrected chi connectivity index (χ3v) is 6.22. The molecule has 1 saturated heterocycles. The molecule has 2 fully saturated rings. The summed E-state index contributed by atoms with van der Waals surface area (Å²) in [4.78, 5) is 29.0. The molecule has 2 atom stereocenters. The summed E-state index contributed by atoms with van der Waals surface area (Å²) in [5.74, 6) is 1.52. The number of nitrogens with one attached hydrogen (secondary N) is 2. The van der Waals surface area contributed by atoms with Gasteiger partial charge in [0.2, 0.25) is 5.88 Å². The first kappa shape index (κ1) is 21.1. The molecule has 2 aliphatic rings. The second kappa shape index (κ2) is 9.36. The second-order valence-corrected chi connectivity index (χ2v) is 8.66. The number of nitrogens with zero attached hydrogens (tertiary/aromatic N) is 1. The van der Waals surface area contributed by atoms with Crippen molar-refractivity contribution in [2.45, 2.75) is 31.2 Å². The highest BCUT2D eigenvalue weighted by atomic mass is 16.5. The Labute approximate surface area is 192 Å². The Bertz CT molecular complexity index is 1210. The number of hydrogen-bond donors (Lipinski definition) is 2. The van der Waals surface area contributed by atoms with Gasteiger partial charge in [-0.25, -0.2) is 4.79 Å². The molecule has 0 unspecified atom stereocenters. The smallest absolute Gasteiger partial charge is 0.317 e. The molecular formula is C27H27N3O3. The van der Waals surface area contributed by atoms with E-state index in [0.29, 0.717) is 17.5 Å². The van der Waals surface area contributed by atoms with Crippen molar-refractivity contribution in [2.24, 2.45) is 0 Å².